The van der Waals surface area contributed by atoms with Gasteiger partial charge in [0, 0.05) is 30.5 Å². The zero-order valence-electron chi connectivity index (χ0n) is 10.3. The molecule has 17 heavy (non-hydrogen) atoms. The highest BCUT2D eigenvalue weighted by molar-refractivity contribution is 5.80. The van der Waals surface area contributed by atoms with Crippen molar-refractivity contribution < 1.29 is 9.59 Å². The second-order valence-corrected chi connectivity index (χ2v) is 4.97. The highest BCUT2D eigenvalue weighted by atomic mass is 16.2. The standard InChI is InChI=1S/C13H20N2O2/c1-2-11(16)14-9-13-7-4-3-5-10(13)15-12(17)6-8-13/h5H,2-4,6-9H2,1H3,(H,14,16)(H,15,17). The van der Waals surface area contributed by atoms with Gasteiger partial charge in [0.25, 0.3) is 0 Å². The third-order valence-electron chi connectivity index (χ3n) is 3.83. The number of amides is 2. The van der Waals surface area contributed by atoms with Gasteiger partial charge in [-0.25, -0.2) is 0 Å². The van der Waals surface area contributed by atoms with Crippen LogP contribution in [0.5, 0.6) is 0 Å². The van der Waals surface area contributed by atoms with Gasteiger partial charge in [0.2, 0.25) is 11.8 Å². The summed E-state index contributed by atoms with van der Waals surface area (Å²) >= 11 is 0. The molecule has 1 heterocycles. The predicted molar refractivity (Wildman–Crippen MR) is 65.0 cm³/mol. The van der Waals surface area contributed by atoms with Crippen molar-refractivity contribution in [2.75, 3.05) is 6.54 Å². The maximum atomic E-state index is 11.4. The van der Waals surface area contributed by atoms with Gasteiger partial charge in [-0.2, -0.15) is 0 Å². The summed E-state index contributed by atoms with van der Waals surface area (Å²) in [5.74, 6) is 0.191. The van der Waals surface area contributed by atoms with E-state index in [4.69, 9.17) is 0 Å². The molecule has 94 valence electrons. The lowest BCUT2D eigenvalue weighted by Crippen LogP contribution is -2.48. The number of carbonyl (C=O) groups is 2. The van der Waals surface area contributed by atoms with Crippen LogP contribution in [-0.2, 0) is 9.59 Å². The first-order valence-electron chi connectivity index (χ1n) is 6.43. The number of hydrogen-bond acceptors (Lipinski definition) is 2. The molecule has 1 unspecified atom stereocenters. The Morgan fingerprint density at radius 2 is 2.35 bits per heavy atom. The van der Waals surface area contributed by atoms with Crippen molar-refractivity contribution in [3.63, 3.8) is 0 Å². The fourth-order valence-corrected chi connectivity index (χ4v) is 2.71. The summed E-state index contributed by atoms with van der Waals surface area (Å²) in [6.45, 7) is 2.51. The minimum absolute atomic E-state index is 0.0169. The van der Waals surface area contributed by atoms with Crippen LogP contribution in [0.2, 0.25) is 0 Å². The van der Waals surface area contributed by atoms with Gasteiger partial charge in [0.05, 0.1) is 0 Å². The summed E-state index contributed by atoms with van der Waals surface area (Å²) < 4.78 is 0. The van der Waals surface area contributed by atoms with E-state index in [1.165, 1.54) is 0 Å². The summed E-state index contributed by atoms with van der Waals surface area (Å²) in [5, 5.41) is 5.95. The Morgan fingerprint density at radius 1 is 1.53 bits per heavy atom. The molecule has 1 atom stereocenters. The van der Waals surface area contributed by atoms with Crippen molar-refractivity contribution in [2.45, 2.75) is 45.4 Å². The minimum Gasteiger partial charge on any atom is -0.355 e. The van der Waals surface area contributed by atoms with Gasteiger partial charge in [-0.3, -0.25) is 9.59 Å². The van der Waals surface area contributed by atoms with Crippen molar-refractivity contribution in [3.05, 3.63) is 11.8 Å². The number of fused-ring (bicyclic) bond motifs is 1. The monoisotopic (exact) mass is 236 g/mol. The quantitative estimate of drug-likeness (QED) is 0.779. The van der Waals surface area contributed by atoms with E-state index in [0.717, 1.165) is 31.4 Å². The average Bonchev–Trinajstić information content (AvgIpc) is 2.36. The molecule has 4 heteroatoms. The first kappa shape index (κ1) is 12.1. The zero-order valence-corrected chi connectivity index (χ0v) is 10.3. The number of nitrogens with one attached hydrogen (secondary N) is 2. The van der Waals surface area contributed by atoms with Crippen molar-refractivity contribution in [2.24, 2.45) is 5.41 Å². The van der Waals surface area contributed by atoms with E-state index in [9.17, 15) is 9.59 Å². The molecule has 0 spiro atoms. The molecule has 1 aliphatic heterocycles. The Kier molecular flexibility index (Phi) is 3.50. The molecule has 0 aromatic carbocycles. The van der Waals surface area contributed by atoms with E-state index in [1.54, 1.807) is 0 Å². The Morgan fingerprint density at radius 3 is 3.12 bits per heavy atom. The number of hydrogen-bond donors (Lipinski definition) is 2. The molecular weight excluding hydrogens is 216 g/mol. The van der Waals surface area contributed by atoms with Gasteiger partial charge in [-0.05, 0) is 25.7 Å². The molecule has 1 aliphatic carbocycles. The molecule has 2 aliphatic rings. The van der Waals surface area contributed by atoms with Crippen LogP contribution in [0.4, 0.5) is 0 Å². The Balaban J connectivity index is 2.09. The van der Waals surface area contributed by atoms with Crippen LogP contribution in [0, 0.1) is 5.41 Å². The van der Waals surface area contributed by atoms with Gasteiger partial charge >= 0.3 is 0 Å². The second kappa shape index (κ2) is 4.90. The lowest BCUT2D eigenvalue weighted by molar-refractivity contribution is -0.123. The molecule has 0 saturated carbocycles. The third kappa shape index (κ3) is 2.51. The van der Waals surface area contributed by atoms with Crippen molar-refractivity contribution >= 4 is 11.8 Å². The maximum absolute atomic E-state index is 11.4. The normalized spacial score (nSPS) is 27.8. The molecule has 2 amide bonds. The van der Waals surface area contributed by atoms with Crippen molar-refractivity contribution in [1.29, 1.82) is 0 Å². The van der Waals surface area contributed by atoms with Crippen LogP contribution in [-0.4, -0.2) is 18.4 Å². The first-order chi connectivity index (χ1) is 8.16. The van der Waals surface area contributed by atoms with Gasteiger partial charge in [-0.1, -0.05) is 13.0 Å². The maximum Gasteiger partial charge on any atom is 0.224 e. The van der Waals surface area contributed by atoms with Crippen LogP contribution in [0.1, 0.15) is 45.4 Å². The molecule has 0 aromatic heterocycles. The smallest absolute Gasteiger partial charge is 0.224 e. The van der Waals surface area contributed by atoms with Gasteiger partial charge < -0.3 is 10.6 Å². The van der Waals surface area contributed by atoms with Gasteiger partial charge in [-0.15, -0.1) is 0 Å². The Hall–Kier alpha value is -1.32. The number of piperidine rings is 1. The molecule has 0 bridgehead atoms. The minimum atomic E-state index is -0.0169. The summed E-state index contributed by atoms with van der Waals surface area (Å²) in [7, 11) is 0. The van der Waals surface area contributed by atoms with Crippen LogP contribution in [0.3, 0.4) is 0 Å². The van der Waals surface area contributed by atoms with E-state index >= 15 is 0 Å². The van der Waals surface area contributed by atoms with Crippen molar-refractivity contribution in [1.82, 2.24) is 10.6 Å². The lowest BCUT2D eigenvalue weighted by Gasteiger charge is -2.42. The lowest BCUT2D eigenvalue weighted by atomic mass is 9.70. The average molecular weight is 236 g/mol. The molecule has 2 rings (SSSR count). The molecule has 2 N–H and O–H groups in total. The second-order valence-electron chi connectivity index (χ2n) is 4.97. The fraction of sp³-hybridized carbons (Fsp3) is 0.692. The Bertz CT molecular complexity index is 362. The van der Waals surface area contributed by atoms with E-state index in [2.05, 4.69) is 16.7 Å². The summed E-state index contributed by atoms with van der Waals surface area (Å²) in [6, 6.07) is 0. The summed E-state index contributed by atoms with van der Waals surface area (Å²) in [6.07, 6.45) is 7.29. The van der Waals surface area contributed by atoms with E-state index in [0.29, 0.717) is 19.4 Å². The highest BCUT2D eigenvalue weighted by Crippen LogP contribution is 2.42. The number of carbonyl (C=O) groups excluding carboxylic acids is 2. The van der Waals surface area contributed by atoms with E-state index in [1.807, 2.05) is 6.92 Å². The van der Waals surface area contributed by atoms with E-state index < -0.39 is 0 Å². The SMILES string of the molecule is CCC(=O)NCC12CCCC=C1NC(=O)CC2. The summed E-state index contributed by atoms with van der Waals surface area (Å²) in [5.41, 5.74) is 1.02. The zero-order chi connectivity index (χ0) is 12.3. The molecule has 4 nitrogen and oxygen atoms in total. The van der Waals surface area contributed by atoms with Gasteiger partial charge in [0.15, 0.2) is 0 Å². The number of allylic oxidation sites excluding steroid dienone is 1. The first-order valence-corrected chi connectivity index (χ1v) is 6.43. The summed E-state index contributed by atoms with van der Waals surface area (Å²) in [4.78, 5) is 22.8. The molecule has 1 fully saturated rings. The molecule has 0 aromatic rings. The molecule has 1 saturated heterocycles. The van der Waals surface area contributed by atoms with Gasteiger partial charge in [0.1, 0.15) is 0 Å². The fourth-order valence-electron chi connectivity index (χ4n) is 2.71. The Labute approximate surface area is 102 Å². The molecular formula is C13H20N2O2. The van der Waals surface area contributed by atoms with E-state index in [-0.39, 0.29) is 17.2 Å². The van der Waals surface area contributed by atoms with Crippen molar-refractivity contribution in [3.8, 4) is 0 Å². The van der Waals surface area contributed by atoms with Crippen LogP contribution in [0.25, 0.3) is 0 Å². The van der Waals surface area contributed by atoms with Crippen LogP contribution >= 0.6 is 0 Å². The van der Waals surface area contributed by atoms with Crippen LogP contribution in [0.15, 0.2) is 11.8 Å². The topological polar surface area (TPSA) is 58.2 Å². The predicted octanol–water partition coefficient (Wildman–Crippen LogP) is 1.48. The third-order valence-corrected chi connectivity index (χ3v) is 3.83. The molecule has 0 radical (unpaired) electrons. The van der Waals surface area contributed by atoms with Crippen LogP contribution < -0.4 is 10.6 Å². The number of rotatable bonds is 3. The largest absolute Gasteiger partial charge is 0.355 e. The highest BCUT2D eigenvalue weighted by Gasteiger charge is 2.40.